The summed E-state index contributed by atoms with van der Waals surface area (Å²) in [5.74, 6) is 0.422. The maximum atomic E-state index is 12.0. The fraction of sp³-hybridized carbons (Fsp3) is 0.677. The summed E-state index contributed by atoms with van der Waals surface area (Å²) in [5.41, 5.74) is 0. The SMILES string of the molecule is CCCCC/C=C\C/C=C\C/C=C\C/C=C\CCCC(=O)CCCCCCCCCCOC=O. The number of ether oxygens (including phenoxy) is 1. The van der Waals surface area contributed by atoms with Gasteiger partial charge in [0.25, 0.3) is 6.47 Å². The lowest BCUT2D eigenvalue weighted by molar-refractivity contribution is -0.128. The Hall–Kier alpha value is -1.90. The predicted molar refractivity (Wildman–Crippen MR) is 147 cm³/mol. The Morgan fingerprint density at radius 2 is 1.03 bits per heavy atom. The van der Waals surface area contributed by atoms with Gasteiger partial charge in [0, 0.05) is 12.8 Å². The lowest BCUT2D eigenvalue weighted by Gasteiger charge is -2.02. The van der Waals surface area contributed by atoms with E-state index in [1.807, 2.05) is 0 Å². The first-order chi connectivity index (χ1) is 16.8. The number of hydrogen-bond donors (Lipinski definition) is 0. The van der Waals surface area contributed by atoms with Crippen molar-refractivity contribution in [3.8, 4) is 0 Å². The van der Waals surface area contributed by atoms with Crippen LogP contribution in [0.15, 0.2) is 48.6 Å². The number of allylic oxidation sites excluding steroid dienone is 8. The summed E-state index contributed by atoms with van der Waals surface area (Å²) in [5, 5.41) is 0. The van der Waals surface area contributed by atoms with Gasteiger partial charge in [0.2, 0.25) is 0 Å². The molecule has 34 heavy (non-hydrogen) atoms. The average molecular weight is 473 g/mol. The van der Waals surface area contributed by atoms with Crippen LogP contribution in [0.3, 0.4) is 0 Å². The summed E-state index contributed by atoms with van der Waals surface area (Å²) < 4.78 is 4.68. The standard InChI is InChI=1S/C31H52O3/c1-2-3-4-5-6-7-8-9-10-11-12-13-14-15-18-21-24-27-31(33)28-25-22-19-16-17-20-23-26-29-34-30-32/h6-7,9-10,12-13,15,18,30H,2-5,8,11,14,16-17,19-29H2,1H3/b7-6-,10-9-,13-12-,18-15-. The zero-order valence-electron chi connectivity index (χ0n) is 22.1. The molecule has 0 N–H and O–H groups in total. The van der Waals surface area contributed by atoms with Gasteiger partial charge in [-0.25, -0.2) is 0 Å². The molecule has 0 aliphatic heterocycles. The molecular weight excluding hydrogens is 420 g/mol. The number of carbonyl (C=O) groups is 2. The minimum atomic E-state index is 0.422. The van der Waals surface area contributed by atoms with Gasteiger partial charge in [-0.05, 0) is 57.8 Å². The van der Waals surface area contributed by atoms with Crippen LogP contribution in [0, 0.1) is 0 Å². The van der Waals surface area contributed by atoms with Crippen LogP contribution in [0.1, 0.15) is 129 Å². The summed E-state index contributed by atoms with van der Waals surface area (Å²) in [7, 11) is 0. The maximum Gasteiger partial charge on any atom is 0.293 e. The van der Waals surface area contributed by atoms with Crippen LogP contribution in [0.4, 0.5) is 0 Å². The Morgan fingerprint density at radius 3 is 1.59 bits per heavy atom. The molecule has 0 bridgehead atoms. The van der Waals surface area contributed by atoms with E-state index in [2.05, 4.69) is 60.3 Å². The van der Waals surface area contributed by atoms with Gasteiger partial charge < -0.3 is 4.74 Å². The number of Topliss-reactive ketones (excluding diaryl/α,β-unsaturated/α-hetero) is 1. The molecular formula is C31H52O3. The summed E-state index contributed by atoms with van der Waals surface area (Å²) in [6, 6.07) is 0. The first-order valence-corrected chi connectivity index (χ1v) is 14.0. The summed E-state index contributed by atoms with van der Waals surface area (Å²) in [6.45, 7) is 3.31. The molecule has 3 heteroatoms. The van der Waals surface area contributed by atoms with Gasteiger partial charge in [0.15, 0.2) is 0 Å². The minimum absolute atomic E-state index is 0.422. The van der Waals surface area contributed by atoms with E-state index >= 15 is 0 Å². The maximum absolute atomic E-state index is 12.0. The molecule has 194 valence electrons. The molecule has 0 rings (SSSR count). The summed E-state index contributed by atoms with van der Waals surface area (Å²) >= 11 is 0. The van der Waals surface area contributed by atoms with Crippen molar-refractivity contribution in [3.05, 3.63) is 48.6 Å². The van der Waals surface area contributed by atoms with Crippen LogP contribution < -0.4 is 0 Å². The highest BCUT2D eigenvalue weighted by Gasteiger charge is 2.01. The zero-order valence-corrected chi connectivity index (χ0v) is 22.1. The fourth-order valence-corrected chi connectivity index (χ4v) is 3.72. The zero-order chi connectivity index (χ0) is 24.8. The van der Waals surface area contributed by atoms with Gasteiger partial charge in [-0.15, -0.1) is 0 Å². The van der Waals surface area contributed by atoms with Crippen LogP contribution in [0.2, 0.25) is 0 Å². The van der Waals surface area contributed by atoms with Gasteiger partial charge in [-0.3, -0.25) is 9.59 Å². The molecule has 0 aliphatic rings. The lowest BCUT2D eigenvalue weighted by atomic mass is 10.0. The fourth-order valence-electron chi connectivity index (χ4n) is 3.72. The third-order valence-corrected chi connectivity index (χ3v) is 5.82. The Balaban J connectivity index is 3.40. The van der Waals surface area contributed by atoms with E-state index in [1.165, 1.54) is 51.4 Å². The van der Waals surface area contributed by atoms with Crippen molar-refractivity contribution >= 4 is 12.3 Å². The average Bonchev–Trinajstić information content (AvgIpc) is 2.84. The molecule has 0 aromatic carbocycles. The molecule has 0 amide bonds. The molecule has 0 aliphatic carbocycles. The van der Waals surface area contributed by atoms with Crippen LogP contribution in [0.25, 0.3) is 0 Å². The predicted octanol–water partition coefficient (Wildman–Crippen LogP) is 9.39. The normalized spacial score (nSPS) is 12.0. The molecule has 0 unspecified atom stereocenters. The molecule has 0 aromatic heterocycles. The highest BCUT2D eigenvalue weighted by Crippen LogP contribution is 2.11. The minimum Gasteiger partial charge on any atom is -0.468 e. The Bertz CT molecular complexity index is 557. The number of hydrogen-bond acceptors (Lipinski definition) is 3. The third-order valence-electron chi connectivity index (χ3n) is 5.82. The summed E-state index contributed by atoms with van der Waals surface area (Å²) in [4.78, 5) is 22.0. The largest absolute Gasteiger partial charge is 0.468 e. The second-order valence-electron chi connectivity index (χ2n) is 9.06. The van der Waals surface area contributed by atoms with Crippen molar-refractivity contribution in [1.29, 1.82) is 0 Å². The van der Waals surface area contributed by atoms with E-state index in [0.29, 0.717) is 18.9 Å². The highest BCUT2D eigenvalue weighted by molar-refractivity contribution is 5.78. The first-order valence-electron chi connectivity index (χ1n) is 14.0. The lowest BCUT2D eigenvalue weighted by Crippen LogP contribution is -1.97. The van der Waals surface area contributed by atoms with Crippen molar-refractivity contribution in [2.45, 2.75) is 129 Å². The van der Waals surface area contributed by atoms with Crippen LogP contribution in [-0.4, -0.2) is 18.9 Å². The smallest absolute Gasteiger partial charge is 0.293 e. The molecule has 0 radical (unpaired) electrons. The van der Waals surface area contributed by atoms with Gasteiger partial charge in [-0.1, -0.05) is 107 Å². The second-order valence-corrected chi connectivity index (χ2v) is 9.06. The van der Waals surface area contributed by atoms with E-state index in [9.17, 15) is 9.59 Å². The van der Waals surface area contributed by atoms with Crippen LogP contribution >= 0.6 is 0 Å². The van der Waals surface area contributed by atoms with Gasteiger partial charge in [0.05, 0.1) is 6.61 Å². The van der Waals surface area contributed by atoms with Crippen molar-refractivity contribution < 1.29 is 14.3 Å². The molecule has 3 nitrogen and oxygen atoms in total. The van der Waals surface area contributed by atoms with E-state index in [4.69, 9.17) is 0 Å². The van der Waals surface area contributed by atoms with Crippen molar-refractivity contribution in [1.82, 2.24) is 0 Å². The molecule has 0 saturated heterocycles. The Morgan fingerprint density at radius 1 is 0.559 bits per heavy atom. The summed E-state index contributed by atoms with van der Waals surface area (Å²) in [6.07, 6.45) is 38.7. The molecule has 0 fully saturated rings. The molecule has 0 saturated carbocycles. The highest BCUT2D eigenvalue weighted by atomic mass is 16.5. The second kappa shape index (κ2) is 29.1. The van der Waals surface area contributed by atoms with E-state index in [0.717, 1.165) is 70.6 Å². The van der Waals surface area contributed by atoms with E-state index in [-0.39, 0.29) is 0 Å². The van der Waals surface area contributed by atoms with Gasteiger partial charge in [0.1, 0.15) is 5.78 Å². The Labute approximate surface area is 210 Å². The first kappa shape index (κ1) is 32.1. The van der Waals surface area contributed by atoms with E-state index < -0.39 is 0 Å². The quantitative estimate of drug-likeness (QED) is 0.0715. The van der Waals surface area contributed by atoms with Crippen molar-refractivity contribution in [2.75, 3.05) is 6.61 Å². The van der Waals surface area contributed by atoms with Crippen LogP contribution in [-0.2, 0) is 14.3 Å². The molecule has 0 heterocycles. The molecule has 0 spiro atoms. The van der Waals surface area contributed by atoms with Gasteiger partial charge in [-0.2, -0.15) is 0 Å². The van der Waals surface area contributed by atoms with Crippen molar-refractivity contribution in [2.24, 2.45) is 0 Å². The monoisotopic (exact) mass is 472 g/mol. The molecule has 0 atom stereocenters. The third kappa shape index (κ3) is 28.1. The van der Waals surface area contributed by atoms with Crippen molar-refractivity contribution in [3.63, 3.8) is 0 Å². The Kier molecular flexibility index (Phi) is 27.5. The van der Waals surface area contributed by atoms with Gasteiger partial charge >= 0.3 is 0 Å². The molecule has 0 aromatic rings. The number of ketones is 1. The number of rotatable bonds is 26. The topological polar surface area (TPSA) is 43.4 Å². The number of unbranched alkanes of at least 4 members (excludes halogenated alkanes) is 11. The number of carbonyl (C=O) groups excluding carboxylic acids is 2. The van der Waals surface area contributed by atoms with Crippen LogP contribution in [0.5, 0.6) is 0 Å². The van der Waals surface area contributed by atoms with E-state index in [1.54, 1.807) is 0 Å².